The van der Waals surface area contributed by atoms with E-state index in [0.717, 1.165) is 20.5 Å². The molecule has 0 aliphatic heterocycles. The van der Waals surface area contributed by atoms with Gasteiger partial charge in [0.05, 0.1) is 0 Å². The van der Waals surface area contributed by atoms with Crippen molar-refractivity contribution in [2.75, 3.05) is 6.54 Å². The van der Waals surface area contributed by atoms with E-state index in [1.165, 1.54) is 0 Å². The molecular formula is C17H21BrF3NO2. The topological polar surface area (TPSA) is 29.5 Å². The summed E-state index contributed by atoms with van der Waals surface area (Å²) in [7, 11) is 0. The third-order valence-electron chi connectivity index (χ3n) is 3.79. The van der Waals surface area contributed by atoms with Crippen molar-refractivity contribution >= 4 is 22.0 Å². The normalized spacial score (nSPS) is 18.0. The summed E-state index contributed by atoms with van der Waals surface area (Å²) in [4.78, 5) is 13.1. The first-order valence-electron chi connectivity index (χ1n) is 7.78. The maximum Gasteiger partial charge on any atom is 0.410 e. The zero-order valence-corrected chi connectivity index (χ0v) is 15.5. The molecule has 0 saturated heterocycles. The summed E-state index contributed by atoms with van der Waals surface area (Å²) in [5, 5.41) is 0. The fourth-order valence-corrected chi connectivity index (χ4v) is 3.24. The van der Waals surface area contributed by atoms with Crippen LogP contribution in [0.5, 0.6) is 0 Å². The average Bonchev–Trinajstić information content (AvgIpc) is 2.41. The molecule has 0 bridgehead atoms. The van der Waals surface area contributed by atoms with Gasteiger partial charge in [-0.3, -0.25) is 4.90 Å². The molecule has 0 aromatic heterocycles. The maximum absolute atomic E-state index is 12.9. The van der Waals surface area contributed by atoms with E-state index in [9.17, 15) is 18.0 Å². The van der Waals surface area contributed by atoms with E-state index in [1.807, 2.05) is 18.2 Å². The number of hydrogen-bond acceptors (Lipinski definition) is 2. The van der Waals surface area contributed by atoms with Gasteiger partial charge >= 0.3 is 12.3 Å². The minimum Gasteiger partial charge on any atom is -0.444 e. The highest BCUT2D eigenvalue weighted by atomic mass is 79.9. The largest absolute Gasteiger partial charge is 0.444 e. The molecular weight excluding hydrogens is 387 g/mol. The Balaban J connectivity index is 2.21. The molecule has 0 radical (unpaired) electrons. The van der Waals surface area contributed by atoms with Crippen LogP contribution >= 0.6 is 15.9 Å². The molecule has 24 heavy (non-hydrogen) atoms. The molecule has 0 heterocycles. The Hall–Kier alpha value is -1.24. The highest BCUT2D eigenvalue weighted by Gasteiger charge is 2.39. The predicted octanol–water partition coefficient (Wildman–Crippen LogP) is 5.11. The van der Waals surface area contributed by atoms with E-state index in [2.05, 4.69) is 15.9 Å². The summed E-state index contributed by atoms with van der Waals surface area (Å²) >= 11 is 3.40. The molecule has 1 unspecified atom stereocenters. The monoisotopic (exact) mass is 407 g/mol. The Bertz CT molecular complexity index is 611. The second-order valence-electron chi connectivity index (χ2n) is 7.03. The fraction of sp³-hybridized carbons (Fsp3) is 0.588. The number of fused-ring (bicyclic) bond motifs is 1. The van der Waals surface area contributed by atoms with Gasteiger partial charge in [-0.2, -0.15) is 13.2 Å². The number of amides is 1. The average molecular weight is 408 g/mol. The fourth-order valence-electron chi connectivity index (χ4n) is 2.83. The molecule has 2 rings (SSSR count). The quantitative estimate of drug-likeness (QED) is 0.681. The Labute approximate surface area is 148 Å². The van der Waals surface area contributed by atoms with E-state index in [0.29, 0.717) is 19.3 Å². The standard InChI is InChI=1S/C17H21BrF3NO2/c1-16(2,3)24-15(23)22(10-17(19,20)21)14-7-5-11-8-13(18)6-4-12(11)9-14/h4,6,8,14H,5,7,9-10H2,1-3H3. The van der Waals surface area contributed by atoms with Crippen molar-refractivity contribution in [1.29, 1.82) is 0 Å². The first kappa shape index (κ1) is 19.1. The summed E-state index contributed by atoms with van der Waals surface area (Å²) in [6, 6.07) is 5.22. The Morgan fingerprint density at radius 1 is 1.29 bits per heavy atom. The van der Waals surface area contributed by atoms with Crippen molar-refractivity contribution < 1.29 is 22.7 Å². The Morgan fingerprint density at radius 2 is 1.96 bits per heavy atom. The third kappa shape index (κ3) is 5.40. The number of hydrogen-bond donors (Lipinski definition) is 0. The van der Waals surface area contributed by atoms with Crippen LogP contribution in [0.25, 0.3) is 0 Å². The zero-order chi connectivity index (χ0) is 18.1. The molecule has 1 aliphatic rings. The van der Waals surface area contributed by atoms with Crippen molar-refractivity contribution in [2.45, 2.75) is 57.9 Å². The summed E-state index contributed by atoms with van der Waals surface area (Å²) in [5.41, 5.74) is 1.25. The third-order valence-corrected chi connectivity index (χ3v) is 4.28. The second kappa shape index (κ2) is 6.94. The molecule has 1 aliphatic carbocycles. The first-order valence-corrected chi connectivity index (χ1v) is 8.57. The van der Waals surface area contributed by atoms with Gasteiger partial charge in [0.25, 0.3) is 0 Å². The smallest absolute Gasteiger partial charge is 0.410 e. The second-order valence-corrected chi connectivity index (χ2v) is 7.95. The molecule has 1 amide bonds. The van der Waals surface area contributed by atoms with Gasteiger partial charge in [0, 0.05) is 10.5 Å². The number of carbonyl (C=O) groups is 1. The summed E-state index contributed by atoms with van der Waals surface area (Å²) in [6.45, 7) is 3.64. The molecule has 0 spiro atoms. The number of carbonyl (C=O) groups excluding carboxylic acids is 1. The van der Waals surface area contributed by atoms with Gasteiger partial charge in [0.2, 0.25) is 0 Å². The highest BCUT2D eigenvalue weighted by molar-refractivity contribution is 9.10. The van der Waals surface area contributed by atoms with Crippen LogP contribution in [0.15, 0.2) is 22.7 Å². The van der Waals surface area contributed by atoms with Crippen LogP contribution in [-0.4, -0.2) is 35.4 Å². The number of halogens is 4. The summed E-state index contributed by atoms with van der Waals surface area (Å²) < 4.78 is 45.0. The van der Waals surface area contributed by atoms with Gasteiger partial charge in [-0.05, 0) is 63.3 Å². The maximum atomic E-state index is 12.9. The lowest BCUT2D eigenvalue weighted by Gasteiger charge is -2.36. The molecule has 0 N–H and O–H groups in total. The lowest BCUT2D eigenvalue weighted by molar-refractivity contribution is -0.149. The number of aryl methyl sites for hydroxylation is 1. The lowest BCUT2D eigenvalue weighted by atomic mass is 9.87. The van der Waals surface area contributed by atoms with E-state index in [4.69, 9.17) is 4.74 Å². The number of rotatable bonds is 2. The van der Waals surface area contributed by atoms with Crippen LogP contribution in [0.1, 0.15) is 38.3 Å². The van der Waals surface area contributed by atoms with Crippen LogP contribution in [0.3, 0.4) is 0 Å². The molecule has 0 fully saturated rings. The van der Waals surface area contributed by atoms with Gasteiger partial charge < -0.3 is 4.74 Å². The summed E-state index contributed by atoms with van der Waals surface area (Å²) in [5.74, 6) is 0. The minimum absolute atomic E-state index is 0.401. The lowest BCUT2D eigenvalue weighted by Crippen LogP contribution is -2.49. The molecule has 0 saturated carbocycles. The minimum atomic E-state index is -4.46. The van der Waals surface area contributed by atoms with Crippen molar-refractivity contribution in [3.63, 3.8) is 0 Å². The predicted molar refractivity (Wildman–Crippen MR) is 89.0 cm³/mol. The number of benzene rings is 1. The van der Waals surface area contributed by atoms with Gasteiger partial charge in [0.1, 0.15) is 12.1 Å². The molecule has 7 heteroatoms. The highest BCUT2D eigenvalue weighted by Crippen LogP contribution is 2.30. The van der Waals surface area contributed by atoms with E-state index in [-0.39, 0.29) is 0 Å². The van der Waals surface area contributed by atoms with Gasteiger partial charge in [-0.15, -0.1) is 0 Å². The van der Waals surface area contributed by atoms with E-state index >= 15 is 0 Å². The molecule has 1 aromatic rings. The molecule has 134 valence electrons. The molecule has 1 atom stereocenters. The van der Waals surface area contributed by atoms with Gasteiger partial charge in [-0.25, -0.2) is 4.79 Å². The molecule has 3 nitrogen and oxygen atoms in total. The van der Waals surface area contributed by atoms with E-state index in [1.54, 1.807) is 20.8 Å². The van der Waals surface area contributed by atoms with Crippen LogP contribution in [0.2, 0.25) is 0 Å². The SMILES string of the molecule is CC(C)(C)OC(=O)N(CC(F)(F)F)C1CCc2cc(Br)ccc2C1. The Kier molecular flexibility index (Phi) is 5.52. The van der Waals surface area contributed by atoms with E-state index < -0.39 is 30.5 Å². The first-order chi connectivity index (χ1) is 10.9. The van der Waals surface area contributed by atoms with Crippen molar-refractivity contribution in [2.24, 2.45) is 0 Å². The van der Waals surface area contributed by atoms with Gasteiger partial charge in [-0.1, -0.05) is 22.0 Å². The van der Waals surface area contributed by atoms with Crippen molar-refractivity contribution in [3.05, 3.63) is 33.8 Å². The number of nitrogens with zero attached hydrogens (tertiary/aromatic N) is 1. The Morgan fingerprint density at radius 3 is 2.54 bits per heavy atom. The van der Waals surface area contributed by atoms with Crippen LogP contribution in [0, 0.1) is 0 Å². The molecule has 1 aromatic carbocycles. The summed E-state index contributed by atoms with van der Waals surface area (Å²) in [6.07, 6.45) is -3.85. The zero-order valence-electron chi connectivity index (χ0n) is 13.9. The van der Waals surface area contributed by atoms with Gasteiger partial charge in [0.15, 0.2) is 0 Å². The van der Waals surface area contributed by atoms with Crippen LogP contribution < -0.4 is 0 Å². The number of alkyl halides is 3. The van der Waals surface area contributed by atoms with Crippen molar-refractivity contribution in [1.82, 2.24) is 4.90 Å². The van der Waals surface area contributed by atoms with Crippen molar-refractivity contribution in [3.8, 4) is 0 Å². The van der Waals surface area contributed by atoms with Crippen LogP contribution in [0.4, 0.5) is 18.0 Å². The van der Waals surface area contributed by atoms with Crippen LogP contribution in [-0.2, 0) is 17.6 Å². The number of ether oxygens (including phenoxy) is 1.